The smallest absolute Gasteiger partial charge is 0.320 e. The standard InChI is InChI=1S/C14H24O5/c1-5-18-13(16)12(14(17)19-6-2)8-7-11(15)9-10(3)4/h10,12H,5-9H2,1-4H3. The van der Waals surface area contributed by atoms with Crippen molar-refractivity contribution in [3.63, 3.8) is 0 Å². The van der Waals surface area contributed by atoms with Gasteiger partial charge in [-0.3, -0.25) is 14.4 Å². The van der Waals surface area contributed by atoms with Crippen molar-refractivity contribution >= 4 is 17.7 Å². The highest BCUT2D eigenvalue weighted by Crippen LogP contribution is 2.14. The molecule has 0 bridgehead atoms. The normalized spacial score (nSPS) is 10.6. The second kappa shape index (κ2) is 9.53. The summed E-state index contributed by atoms with van der Waals surface area (Å²) in [7, 11) is 0. The van der Waals surface area contributed by atoms with Gasteiger partial charge in [-0.25, -0.2) is 0 Å². The summed E-state index contributed by atoms with van der Waals surface area (Å²) in [5.41, 5.74) is 0. The third-order valence-electron chi connectivity index (χ3n) is 2.49. The van der Waals surface area contributed by atoms with Crippen molar-refractivity contribution in [2.45, 2.75) is 47.0 Å². The van der Waals surface area contributed by atoms with Gasteiger partial charge in [0.25, 0.3) is 0 Å². The van der Waals surface area contributed by atoms with Gasteiger partial charge in [0.15, 0.2) is 5.92 Å². The first kappa shape index (κ1) is 17.6. The Hall–Kier alpha value is -1.39. The maximum atomic E-state index is 11.7. The first-order valence-electron chi connectivity index (χ1n) is 6.77. The second-order valence-electron chi connectivity index (χ2n) is 4.73. The predicted molar refractivity (Wildman–Crippen MR) is 70.5 cm³/mol. The number of hydrogen-bond acceptors (Lipinski definition) is 5. The molecule has 0 unspecified atom stereocenters. The van der Waals surface area contributed by atoms with E-state index in [2.05, 4.69) is 0 Å². The van der Waals surface area contributed by atoms with Crippen LogP contribution in [-0.4, -0.2) is 30.9 Å². The Kier molecular flexibility index (Phi) is 8.83. The van der Waals surface area contributed by atoms with Gasteiger partial charge < -0.3 is 9.47 Å². The molecule has 0 spiro atoms. The van der Waals surface area contributed by atoms with Crippen molar-refractivity contribution in [3.8, 4) is 0 Å². The molecule has 0 aliphatic carbocycles. The van der Waals surface area contributed by atoms with Crippen LogP contribution < -0.4 is 0 Å². The van der Waals surface area contributed by atoms with Gasteiger partial charge in [-0.2, -0.15) is 0 Å². The minimum Gasteiger partial charge on any atom is -0.465 e. The lowest BCUT2D eigenvalue weighted by Gasteiger charge is -2.14. The lowest BCUT2D eigenvalue weighted by atomic mass is 9.98. The monoisotopic (exact) mass is 272 g/mol. The van der Waals surface area contributed by atoms with E-state index in [4.69, 9.17) is 9.47 Å². The summed E-state index contributed by atoms with van der Waals surface area (Å²) in [5.74, 6) is -1.89. The van der Waals surface area contributed by atoms with E-state index in [0.717, 1.165) is 0 Å². The molecule has 0 aromatic heterocycles. The molecule has 0 aromatic carbocycles. The third kappa shape index (κ3) is 7.59. The molecule has 5 heteroatoms. The predicted octanol–water partition coefficient (Wildman–Crippen LogP) is 2.12. The molecule has 0 aliphatic heterocycles. The average molecular weight is 272 g/mol. The van der Waals surface area contributed by atoms with Crippen molar-refractivity contribution < 1.29 is 23.9 Å². The number of Topliss-reactive ketones (excluding diaryl/α,β-unsaturated/α-hetero) is 1. The quantitative estimate of drug-likeness (QED) is 0.475. The Morgan fingerprint density at radius 3 is 1.79 bits per heavy atom. The fraction of sp³-hybridized carbons (Fsp3) is 0.786. The summed E-state index contributed by atoms with van der Waals surface area (Å²) in [5, 5.41) is 0. The summed E-state index contributed by atoms with van der Waals surface area (Å²) in [6.07, 6.45) is 0.808. The van der Waals surface area contributed by atoms with E-state index >= 15 is 0 Å². The van der Waals surface area contributed by atoms with Crippen LogP contribution in [0.2, 0.25) is 0 Å². The molecule has 0 saturated carbocycles. The molecule has 110 valence electrons. The first-order valence-corrected chi connectivity index (χ1v) is 6.77. The van der Waals surface area contributed by atoms with Crippen LogP contribution in [0.25, 0.3) is 0 Å². The van der Waals surface area contributed by atoms with E-state index in [1.165, 1.54) is 0 Å². The van der Waals surface area contributed by atoms with Crippen molar-refractivity contribution in [2.24, 2.45) is 11.8 Å². The molecule has 0 aromatic rings. The number of rotatable bonds is 9. The van der Waals surface area contributed by atoms with Crippen molar-refractivity contribution in [3.05, 3.63) is 0 Å². The van der Waals surface area contributed by atoms with E-state index in [1.54, 1.807) is 13.8 Å². The van der Waals surface area contributed by atoms with Crippen LogP contribution in [0.4, 0.5) is 0 Å². The molecule has 0 saturated heterocycles. The number of esters is 2. The summed E-state index contributed by atoms with van der Waals surface area (Å²) in [6, 6.07) is 0. The SMILES string of the molecule is CCOC(=O)C(CCC(=O)CC(C)C)C(=O)OCC. The molecule has 0 fully saturated rings. The molecule has 0 atom stereocenters. The molecule has 0 heterocycles. The van der Waals surface area contributed by atoms with Gasteiger partial charge in [-0.05, 0) is 26.2 Å². The molecule has 0 aliphatic rings. The summed E-state index contributed by atoms with van der Waals surface area (Å²) in [6.45, 7) is 7.65. The van der Waals surface area contributed by atoms with Crippen molar-refractivity contribution in [2.75, 3.05) is 13.2 Å². The number of carbonyl (C=O) groups is 3. The Bertz CT molecular complexity index is 291. The lowest BCUT2D eigenvalue weighted by molar-refractivity contribution is -0.161. The number of carbonyl (C=O) groups excluding carboxylic acids is 3. The van der Waals surface area contributed by atoms with E-state index in [0.29, 0.717) is 6.42 Å². The molecule has 0 rings (SSSR count). The highest BCUT2D eigenvalue weighted by atomic mass is 16.6. The van der Waals surface area contributed by atoms with Crippen LogP contribution in [0.3, 0.4) is 0 Å². The summed E-state index contributed by atoms with van der Waals surface area (Å²) in [4.78, 5) is 34.9. The van der Waals surface area contributed by atoms with Gasteiger partial charge in [-0.15, -0.1) is 0 Å². The van der Waals surface area contributed by atoms with Crippen LogP contribution in [0.5, 0.6) is 0 Å². The topological polar surface area (TPSA) is 69.7 Å². The van der Waals surface area contributed by atoms with Gasteiger partial charge in [0.1, 0.15) is 5.78 Å². The number of hydrogen-bond donors (Lipinski definition) is 0. The Morgan fingerprint density at radius 2 is 1.42 bits per heavy atom. The maximum Gasteiger partial charge on any atom is 0.320 e. The molecule has 0 radical (unpaired) electrons. The average Bonchev–Trinajstić information content (AvgIpc) is 2.28. The molecule has 19 heavy (non-hydrogen) atoms. The fourth-order valence-corrected chi connectivity index (χ4v) is 1.68. The zero-order chi connectivity index (χ0) is 14.8. The largest absolute Gasteiger partial charge is 0.465 e. The summed E-state index contributed by atoms with van der Waals surface area (Å²) < 4.78 is 9.67. The van der Waals surface area contributed by atoms with Gasteiger partial charge >= 0.3 is 11.9 Å². The Labute approximate surface area is 114 Å². The lowest BCUT2D eigenvalue weighted by Crippen LogP contribution is -2.28. The maximum absolute atomic E-state index is 11.7. The van der Waals surface area contributed by atoms with Crippen LogP contribution in [0.15, 0.2) is 0 Å². The van der Waals surface area contributed by atoms with Crippen molar-refractivity contribution in [1.82, 2.24) is 0 Å². The first-order chi connectivity index (χ1) is 8.92. The number of ether oxygens (including phenoxy) is 2. The molecular formula is C14H24O5. The highest BCUT2D eigenvalue weighted by molar-refractivity contribution is 5.95. The zero-order valence-corrected chi connectivity index (χ0v) is 12.2. The van der Waals surface area contributed by atoms with E-state index in [9.17, 15) is 14.4 Å². The van der Waals surface area contributed by atoms with Gasteiger partial charge in [0.2, 0.25) is 0 Å². The minimum atomic E-state index is -0.990. The fourth-order valence-electron chi connectivity index (χ4n) is 1.68. The van der Waals surface area contributed by atoms with E-state index in [1.807, 2.05) is 13.8 Å². The van der Waals surface area contributed by atoms with Gasteiger partial charge in [0, 0.05) is 12.8 Å². The van der Waals surface area contributed by atoms with Gasteiger partial charge in [0.05, 0.1) is 13.2 Å². The molecular weight excluding hydrogens is 248 g/mol. The van der Waals surface area contributed by atoms with Crippen LogP contribution >= 0.6 is 0 Å². The van der Waals surface area contributed by atoms with Crippen LogP contribution in [0, 0.1) is 11.8 Å². The molecule has 0 N–H and O–H groups in total. The highest BCUT2D eigenvalue weighted by Gasteiger charge is 2.29. The summed E-state index contributed by atoms with van der Waals surface area (Å²) >= 11 is 0. The molecule has 0 amide bonds. The van der Waals surface area contributed by atoms with Gasteiger partial charge in [-0.1, -0.05) is 13.8 Å². The third-order valence-corrected chi connectivity index (χ3v) is 2.49. The Balaban J connectivity index is 4.46. The van der Waals surface area contributed by atoms with E-state index < -0.39 is 17.9 Å². The minimum absolute atomic E-state index is 0.0496. The number of ketones is 1. The van der Waals surface area contributed by atoms with Crippen LogP contribution in [-0.2, 0) is 23.9 Å². The Morgan fingerprint density at radius 1 is 0.947 bits per heavy atom. The second-order valence-corrected chi connectivity index (χ2v) is 4.73. The van der Waals surface area contributed by atoms with Crippen molar-refractivity contribution in [1.29, 1.82) is 0 Å². The van der Waals surface area contributed by atoms with E-state index in [-0.39, 0.29) is 37.8 Å². The van der Waals surface area contributed by atoms with Crippen LogP contribution in [0.1, 0.15) is 47.0 Å². The molecule has 5 nitrogen and oxygen atoms in total. The zero-order valence-electron chi connectivity index (χ0n) is 12.2.